The molecule has 2 N–H and O–H groups in total. The maximum Gasteiger partial charge on any atom is 0.408 e. The van der Waals surface area contributed by atoms with Gasteiger partial charge in [-0.2, -0.15) is 0 Å². The molecule has 0 spiro atoms. The van der Waals surface area contributed by atoms with Gasteiger partial charge in [0.1, 0.15) is 17.4 Å². The Morgan fingerprint density at radius 3 is 2.16 bits per heavy atom. The van der Waals surface area contributed by atoms with E-state index in [1.807, 2.05) is 52.0 Å². The van der Waals surface area contributed by atoms with Crippen molar-refractivity contribution < 1.29 is 28.6 Å². The van der Waals surface area contributed by atoms with Crippen molar-refractivity contribution in [1.29, 1.82) is 0 Å². The van der Waals surface area contributed by atoms with Crippen LogP contribution in [0.25, 0.3) is 0 Å². The summed E-state index contributed by atoms with van der Waals surface area (Å²) in [4.78, 5) is 38.3. The van der Waals surface area contributed by atoms with Crippen molar-refractivity contribution >= 4 is 29.6 Å². The fraction of sp³-hybridized carbons (Fsp3) is 0.621. The van der Waals surface area contributed by atoms with Crippen molar-refractivity contribution in [2.75, 3.05) is 20.3 Å². The van der Waals surface area contributed by atoms with E-state index in [-0.39, 0.29) is 30.3 Å². The Kier molecular flexibility index (Phi) is 13.4. The smallest absolute Gasteiger partial charge is 0.408 e. The third-order valence-corrected chi connectivity index (χ3v) is 7.16. The molecule has 0 aliphatic heterocycles. The van der Waals surface area contributed by atoms with E-state index in [1.165, 1.54) is 0 Å². The molecule has 0 radical (unpaired) electrons. The monoisotopic (exact) mass is 550 g/mol. The van der Waals surface area contributed by atoms with Gasteiger partial charge in [-0.05, 0) is 72.1 Å². The summed E-state index contributed by atoms with van der Waals surface area (Å²) >= 11 is 1.57. The van der Waals surface area contributed by atoms with Crippen molar-refractivity contribution in [3.8, 4) is 5.75 Å². The van der Waals surface area contributed by atoms with Crippen LogP contribution >= 0.6 is 11.8 Å². The van der Waals surface area contributed by atoms with Gasteiger partial charge in [0.2, 0.25) is 0 Å². The van der Waals surface area contributed by atoms with Crippen molar-refractivity contribution in [3.63, 3.8) is 0 Å². The van der Waals surface area contributed by atoms with E-state index >= 15 is 0 Å². The summed E-state index contributed by atoms with van der Waals surface area (Å²) in [7, 11) is 1.62. The van der Waals surface area contributed by atoms with Crippen molar-refractivity contribution in [2.24, 2.45) is 5.92 Å². The number of hydrogen-bond donors (Lipinski definition) is 2. The number of ether oxygens (including phenoxy) is 3. The van der Waals surface area contributed by atoms with Gasteiger partial charge in [0.05, 0.1) is 20.3 Å². The number of nitrogens with one attached hydrogen (secondary N) is 2. The zero-order valence-electron chi connectivity index (χ0n) is 24.6. The molecule has 0 aliphatic rings. The van der Waals surface area contributed by atoms with E-state index < -0.39 is 22.5 Å². The number of carbonyl (C=O) groups is 3. The van der Waals surface area contributed by atoms with Gasteiger partial charge in [-0.1, -0.05) is 32.1 Å². The first-order valence-electron chi connectivity index (χ1n) is 13.0. The number of alkyl carbamates (subject to hydrolysis) is 1. The fourth-order valence-electron chi connectivity index (χ4n) is 3.53. The lowest BCUT2D eigenvalue weighted by atomic mass is 9.97. The van der Waals surface area contributed by atoms with Crippen LogP contribution in [0.15, 0.2) is 35.9 Å². The van der Waals surface area contributed by atoms with Crippen LogP contribution in [0, 0.1) is 5.92 Å². The molecule has 0 unspecified atom stereocenters. The molecular formula is C29H46N2O6S. The Bertz CT molecular complexity index is 951. The van der Waals surface area contributed by atoms with Gasteiger partial charge in [-0.3, -0.25) is 4.79 Å². The van der Waals surface area contributed by atoms with Gasteiger partial charge < -0.3 is 24.8 Å². The molecule has 0 bridgehead atoms. The minimum absolute atomic E-state index is 0.00242. The van der Waals surface area contributed by atoms with Crippen LogP contribution in [-0.4, -0.2) is 60.5 Å². The molecule has 1 rings (SSSR count). The molecule has 2 atom stereocenters. The van der Waals surface area contributed by atoms with Crippen molar-refractivity contribution in [1.82, 2.24) is 10.6 Å². The summed E-state index contributed by atoms with van der Waals surface area (Å²) in [5.41, 5.74) is 0.850. The number of esters is 1. The Morgan fingerprint density at radius 1 is 1.05 bits per heavy atom. The summed E-state index contributed by atoms with van der Waals surface area (Å²) in [6.45, 7) is 17.0. The van der Waals surface area contributed by atoms with Crippen molar-refractivity contribution in [2.45, 2.75) is 90.5 Å². The Labute approximate surface area is 232 Å². The molecule has 0 fully saturated rings. The first-order chi connectivity index (χ1) is 17.6. The summed E-state index contributed by atoms with van der Waals surface area (Å²) < 4.78 is 15.1. The van der Waals surface area contributed by atoms with E-state index in [2.05, 4.69) is 10.6 Å². The number of thioether (sulfide) groups is 1. The van der Waals surface area contributed by atoms with E-state index in [0.29, 0.717) is 17.9 Å². The fourth-order valence-corrected chi connectivity index (χ4v) is 4.62. The molecule has 1 aromatic rings. The van der Waals surface area contributed by atoms with Crippen LogP contribution in [0.4, 0.5) is 4.79 Å². The molecule has 9 heteroatoms. The average molecular weight is 551 g/mol. The number of hydrogen-bond acceptors (Lipinski definition) is 8. The van der Waals surface area contributed by atoms with Crippen LogP contribution in [0.5, 0.6) is 5.75 Å². The molecule has 1 amide bonds. The van der Waals surface area contributed by atoms with Gasteiger partial charge in [-0.25, -0.2) is 9.59 Å². The summed E-state index contributed by atoms with van der Waals surface area (Å²) in [5.74, 6) is 0.959. The normalized spacial score (nSPS) is 14.0. The molecule has 0 aliphatic carbocycles. The van der Waals surface area contributed by atoms with Crippen LogP contribution < -0.4 is 15.4 Å². The molecule has 38 heavy (non-hydrogen) atoms. The first kappa shape index (κ1) is 33.5. The van der Waals surface area contributed by atoms with Gasteiger partial charge >= 0.3 is 12.1 Å². The molecule has 8 nitrogen and oxygen atoms in total. The van der Waals surface area contributed by atoms with E-state index in [9.17, 15) is 14.4 Å². The highest BCUT2D eigenvalue weighted by molar-refractivity contribution is 7.99. The zero-order chi connectivity index (χ0) is 29.1. The minimum Gasteiger partial charge on any atom is -0.497 e. The second kappa shape index (κ2) is 15.2. The number of ketones is 1. The van der Waals surface area contributed by atoms with Gasteiger partial charge in [0.15, 0.2) is 5.78 Å². The molecule has 0 saturated heterocycles. The maximum absolute atomic E-state index is 13.6. The number of carbonyl (C=O) groups excluding carboxylic acids is 3. The van der Waals surface area contributed by atoms with Crippen LogP contribution in [0.1, 0.15) is 67.9 Å². The zero-order valence-corrected chi connectivity index (χ0v) is 25.4. The summed E-state index contributed by atoms with van der Waals surface area (Å²) in [6.07, 6.45) is 1.14. The van der Waals surface area contributed by atoms with E-state index in [0.717, 1.165) is 11.3 Å². The lowest BCUT2D eigenvalue weighted by molar-refractivity contribution is -0.138. The van der Waals surface area contributed by atoms with Crippen LogP contribution in [0.2, 0.25) is 0 Å². The minimum atomic E-state index is -0.823. The molecule has 1 aromatic carbocycles. The third kappa shape index (κ3) is 11.9. The second-order valence-electron chi connectivity index (χ2n) is 11.0. The largest absolute Gasteiger partial charge is 0.497 e. The number of amides is 1. The molecule has 214 valence electrons. The predicted molar refractivity (Wildman–Crippen MR) is 154 cm³/mol. The Hall–Kier alpha value is -2.52. The highest BCUT2D eigenvalue weighted by Gasteiger charge is 2.38. The highest BCUT2D eigenvalue weighted by Crippen LogP contribution is 2.32. The van der Waals surface area contributed by atoms with E-state index in [4.69, 9.17) is 14.2 Å². The Balaban J connectivity index is 3.08. The molecule has 0 heterocycles. The molecular weight excluding hydrogens is 504 g/mol. The predicted octanol–water partition coefficient (Wildman–Crippen LogP) is 5.29. The molecule has 0 saturated carbocycles. The van der Waals surface area contributed by atoms with Crippen molar-refractivity contribution in [3.05, 3.63) is 41.5 Å². The first-order valence-corrected chi connectivity index (χ1v) is 14.0. The number of Topliss-reactive ketones (excluding diaryl/α,β-unsaturated/α-hetero) is 1. The van der Waals surface area contributed by atoms with E-state index in [1.54, 1.807) is 59.6 Å². The highest BCUT2D eigenvalue weighted by atomic mass is 32.2. The SMILES string of the molecule is CCOC(=O)C(C)=C[C@H](NCC(=O)[C@@H](NC(=O)OC(C)(C)C)C(C)(C)SCc1ccc(OC)cc1)C(C)C. The second-order valence-corrected chi connectivity index (χ2v) is 12.6. The summed E-state index contributed by atoms with van der Waals surface area (Å²) in [6, 6.07) is 6.69. The quantitative estimate of drug-likeness (QED) is 0.238. The Morgan fingerprint density at radius 2 is 1.66 bits per heavy atom. The van der Waals surface area contributed by atoms with Gasteiger partial charge in [0.25, 0.3) is 0 Å². The number of rotatable bonds is 14. The topological polar surface area (TPSA) is 103 Å². The number of methoxy groups -OCH3 is 1. The van der Waals surface area contributed by atoms with Gasteiger partial charge in [0, 0.05) is 22.1 Å². The van der Waals surface area contributed by atoms with Crippen LogP contribution in [-0.2, 0) is 24.8 Å². The van der Waals surface area contributed by atoms with Crippen LogP contribution in [0.3, 0.4) is 0 Å². The van der Waals surface area contributed by atoms with Gasteiger partial charge in [-0.15, -0.1) is 11.8 Å². The molecule has 0 aromatic heterocycles. The lowest BCUT2D eigenvalue weighted by Gasteiger charge is -2.34. The standard InChI is InChI=1S/C29H46N2O6S/c1-11-36-26(33)20(4)16-23(19(2)3)30-17-24(32)25(31-27(34)37-28(5,6)7)29(8,9)38-18-21-12-14-22(35-10)15-13-21/h12-16,19,23,25,30H,11,17-18H2,1-10H3,(H,31,34)/t23-,25+/m0/s1. The lowest BCUT2D eigenvalue weighted by Crippen LogP contribution is -2.56. The maximum atomic E-state index is 13.6. The third-order valence-electron chi connectivity index (χ3n) is 5.71. The summed E-state index contributed by atoms with van der Waals surface area (Å²) in [5, 5.41) is 6.07. The number of benzene rings is 1. The average Bonchev–Trinajstić information content (AvgIpc) is 2.82.